The van der Waals surface area contributed by atoms with Crippen molar-refractivity contribution >= 4 is 32.2 Å². The summed E-state index contributed by atoms with van der Waals surface area (Å²) in [5.74, 6) is 0.715. The summed E-state index contributed by atoms with van der Waals surface area (Å²) in [6.07, 6.45) is 8.36. The first kappa shape index (κ1) is 21.4. The van der Waals surface area contributed by atoms with Crippen molar-refractivity contribution in [1.82, 2.24) is 24.3 Å². The summed E-state index contributed by atoms with van der Waals surface area (Å²) in [6, 6.07) is 10.8. The summed E-state index contributed by atoms with van der Waals surface area (Å²) in [7, 11) is 0.0913. The van der Waals surface area contributed by atoms with Gasteiger partial charge < -0.3 is 14.5 Å². The van der Waals surface area contributed by atoms with Crippen LogP contribution in [0, 0.1) is 0 Å². The molecule has 35 heavy (non-hydrogen) atoms. The summed E-state index contributed by atoms with van der Waals surface area (Å²) in [6.45, 7) is 0.423. The van der Waals surface area contributed by atoms with Gasteiger partial charge in [-0.2, -0.15) is 5.10 Å². The van der Waals surface area contributed by atoms with Crippen molar-refractivity contribution in [3.63, 3.8) is 0 Å². The molecule has 1 aliphatic heterocycles. The molecule has 0 saturated carbocycles. The highest BCUT2D eigenvalue weighted by molar-refractivity contribution is 7.90. The number of aromatic amines is 1. The van der Waals surface area contributed by atoms with E-state index in [-0.39, 0.29) is 10.5 Å². The van der Waals surface area contributed by atoms with Crippen LogP contribution in [0.1, 0.15) is 5.56 Å². The Morgan fingerprint density at radius 3 is 2.57 bits per heavy atom. The maximum absolute atomic E-state index is 13.2. The van der Waals surface area contributed by atoms with Gasteiger partial charge in [-0.3, -0.25) is 9.48 Å². The lowest BCUT2D eigenvalue weighted by molar-refractivity contribution is 0.602. The highest BCUT2D eigenvalue weighted by Gasteiger charge is 2.29. The van der Waals surface area contributed by atoms with E-state index in [9.17, 15) is 13.2 Å². The number of nitrogens with zero attached hydrogens (tertiary/aromatic N) is 5. The average molecular weight is 487 g/mol. The van der Waals surface area contributed by atoms with E-state index in [1.165, 1.54) is 10.8 Å². The largest absolute Gasteiger partial charge is 0.350 e. The number of sulfone groups is 1. The minimum Gasteiger partial charge on any atom is -0.350 e. The quantitative estimate of drug-likeness (QED) is 0.419. The summed E-state index contributed by atoms with van der Waals surface area (Å²) in [4.78, 5) is 23.4. The second kappa shape index (κ2) is 7.41. The first-order valence-electron chi connectivity index (χ1n) is 11.0. The zero-order chi connectivity index (χ0) is 24.5. The zero-order valence-electron chi connectivity index (χ0n) is 19.3. The summed E-state index contributed by atoms with van der Waals surface area (Å²) in [5, 5.41) is 5.09. The topological polar surface area (TPSA) is 106 Å². The molecule has 0 atom stereocenters. The Labute approximate surface area is 201 Å². The SMILES string of the molecule is Cn1cc(-c2[nH]c3c(=O)n(C)cc4c3c2CN(c2ccccn2)c2ccc(S(C)(=O)=O)cc2-4)cn1. The molecule has 6 rings (SSSR count). The van der Waals surface area contributed by atoms with E-state index >= 15 is 0 Å². The molecule has 0 unspecified atom stereocenters. The number of anilines is 2. The molecule has 9 nitrogen and oxygen atoms in total. The van der Waals surface area contributed by atoms with E-state index in [2.05, 4.69) is 15.1 Å². The molecule has 176 valence electrons. The molecular weight excluding hydrogens is 464 g/mol. The minimum atomic E-state index is -3.45. The van der Waals surface area contributed by atoms with Crippen LogP contribution in [0.15, 0.2) is 70.9 Å². The van der Waals surface area contributed by atoms with Crippen molar-refractivity contribution in [2.24, 2.45) is 14.1 Å². The molecule has 0 bridgehead atoms. The number of benzene rings is 1. The van der Waals surface area contributed by atoms with Crippen LogP contribution in [-0.2, 0) is 30.5 Å². The molecule has 1 aromatic carbocycles. The van der Waals surface area contributed by atoms with Crippen molar-refractivity contribution in [2.75, 3.05) is 11.2 Å². The minimum absolute atomic E-state index is 0.160. The second-order valence-corrected chi connectivity index (χ2v) is 10.8. The molecule has 0 fully saturated rings. The highest BCUT2D eigenvalue weighted by atomic mass is 32.2. The van der Waals surface area contributed by atoms with Gasteiger partial charge in [-0.05, 0) is 30.3 Å². The Kier molecular flexibility index (Phi) is 4.52. The smallest absolute Gasteiger partial charge is 0.274 e. The fourth-order valence-corrected chi connectivity index (χ4v) is 5.45. The van der Waals surface area contributed by atoms with Gasteiger partial charge in [-0.15, -0.1) is 0 Å². The van der Waals surface area contributed by atoms with Crippen molar-refractivity contribution in [2.45, 2.75) is 11.4 Å². The predicted molar refractivity (Wildman–Crippen MR) is 134 cm³/mol. The third kappa shape index (κ3) is 3.28. The van der Waals surface area contributed by atoms with Gasteiger partial charge in [0, 0.05) is 66.6 Å². The number of aryl methyl sites for hydroxylation is 2. The van der Waals surface area contributed by atoms with Crippen LogP contribution >= 0.6 is 0 Å². The van der Waals surface area contributed by atoms with Crippen LogP contribution in [0.3, 0.4) is 0 Å². The van der Waals surface area contributed by atoms with Gasteiger partial charge in [0.1, 0.15) is 11.3 Å². The number of rotatable bonds is 3. The van der Waals surface area contributed by atoms with Crippen LogP contribution in [0.4, 0.5) is 11.5 Å². The van der Waals surface area contributed by atoms with E-state index in [0.29, 0.717) is 17.9 Å². The molecule has 1 aliphatic rings. The van der Waals surface area contributed by atoms with E-state index in [1.807, 2.05) is 42.4 Å². The van der Waals surface area contributed by atoms with Crippen molar-refractivity contribution in [3.05, 3.63) is 77.1 Å². The number of hydrogen-bond acceptors (Lipinski definition) is 6. The Balaban J connectivity index is 1.76. The molecule has 0 amide bonds. The van der Waals surface area contributed by atoms with E-state index < -0.39 is 9.84 Å². The molecule has 0 aliphatic carbocycles. The molecule has 0 saturated heterocycles. The lowest BCUT2D eigenvalue weighted by Crippen LogP contribution is -2.18. The summed E-state index contributed by atoms with van der Waals surface area (Å²) >= 11 is 0. The molecule has 0 spiro atoms. The van der Waals surface area contributed by atoms with E-state index in [1.54, 1.807) is 42.5 Å². The fraction of sp³-hybridized carbons (Fsp3) is 0.160. The predicted octanol–water partition coefficient (Wildman–Crippen LogP) is 3.38. The maximum Gasteiger partial charge on any atom is 0.274 e. The molecule has 5 aromatic rings. The van der Waals surface area contributed by atoms with Gasteiger partial charge in [0.05, 0.1) is 29.0 Å². The van der Waals surface area contributed by atoms with Gasteiger partial charge in [0.15, 0.2) is 9.84 Å². The van der Waals surface area contributed by atoms with Crippen LogP contribution < -0.4 is 10.5 Å². The van der Waals surface area contributed by atoms with Crippen molar-refractivity contribution in [1.29, 1.82) is 0 Å². The molecule has 10 heteroatoms. The van der Waals surface area contributed by atoms with E-state index in [0.717, 1.165) is 39.0 Å². The van der Waals surface area contributed by atoms with Crippen LogP contribution in [0.5, 0.6) is 0 Å². The monoisotopic (exact) mass is 486 g/mol. The Morgan fingerprint density at radius 1 is 1.06 bits per heavy atom. The molecule has 4 aromatic heterocycles. The van der Waals surface area contributed by atoms with Crippen molar-refractivity contribution in [3.8, 4) is 22.4 Å². The second-order valence-electron chi connectivity index (χ2n) is 8.82. The van der Waals surface area contributed by atoms with Crippen LogP contribution in [0.25, 0.3) is 33.3 Å². The van der Waals surface area contributed by atoms with Crippen LogP contribution in [-0.4, -0.2) is 39.0 Å². The number of fused-ring (bicyclic) bond motifs is 2. The zero-order valence-corrected chi connectivity index (χ0v) is 20.2. The van der Waals surface area contributed by atoms with Gasteiger partial charge in [0.2, 0.25) is 0 Å². The lowest BCUT2D eigenvalue weighted by atomic mass is 10.00. The van der Waals surface area contributed by atoms with Gasteiger partial charge in [-0.25, -0.2) is 13.4 Å². The maximum atomic E-state index is 13.2. The number of aromatic nitrogens is 5. The van der Waals surface area contributed by atoms with Crippen LogP contribution in [0.2, 0.25) is 0 Å². The van der Waals surface area contributed by atoms with Gasteiger partial charge in [0.25, 0.3) is 5.56 Å². The standard InChI is InChI=1S/C25H22N6O3S/c1-29-13-18-17-10-16(35(3,33)34)7-8-20(17)31(21-6-4-5-9-26-21)14-19-22(18)24(25(29)32)28-23(19)15-11-27-30(2)12-15/h4-13,28H,14H2,1-3H3. The first-order valence-corrected chi connectivity index (χ1v) is 12.9. The third-order valence-electron chi connectivity index (χ3n) is 6.44. The normalized spacial score (nSPS) is 13.2. The number of H-pyrrole nitrogens is 1. The Hall–Kier alpha value is -4.18. The molecule has 5 heterocycles. The number of nitrogens with one attached hydrogen (secondary N) is 1. The van der Waals surface area contributed by atoms with Crippen molar-refractivity contribution < 1.29 is 8.42 Å². The number of pyridine rings is 2. The third-order valence-corrected chi connectivity index (χ3v) is 7.55. The summed E-state index contributed by atoms with van der Waals surface area (Å²) in [5.41, 5.74) is 5.19. The molecule has 1 N–H and O–H groups in total. The average Bonchev–Trinajstić information content (AvgIpc) is 3.39. The molecular formula is C25H22N6O3S. The highest BCUT2D eigenvalue weighted by Crippen LogP contribution is 2.46. The van der Waals surface area contributed by atoms with E-state index in [4.69, 9.17) is 0 Å². The Morgan fingerprint density at radius 2 is 1.89 bits per heavy atom. The lowest BCUT2D eigenvalue weighted by Gasteiger charge is -2.25. The number of hydrogen-bond donors (Lipinski definition) is 1. The first-order chi connectivity index (χ1) is 16.7. The molecule has 0 radical (unpaired) electrons. The Bertz CT molecular complexity index is 1800. The van der Waals surface area contributed by atoms with Gasteiger partial charge >= 0.3 is 0 Å². The summed E-state index contributed by atoms with van der Waals surface area (Å²) < 4.78 is 28.2. The fourth-order valence-electron chi connectivity index (χ4n) is 4.81. The van der Waals surface area contributed by atoms with Gasteiger partial charge in [-0.1, -0.05) is 6.07 Å².